The maximum atomic E-state index is 12.8. The van der Waals surface area contributed by atoms with Gasteiger partial charge in [0.1, 0.15) is 23.4 Å². The summed E-state index contributed by atoms with van der Waals surface area (Å²) >= 11 is 0. The number of likely N-dealkylation sites (N-methyl/N-ethyl adjacent to an activating group) is 1. The van der Waals surface area contributed by atoms with Crippen molar-refractivity contribution in [2.45, 2.75) is 19.5 Å². The maximum Gasteiger partial charge on any atom is 0.326 e. The van der Waals surface area contributed by atoms with Crippen molar-refractivity contribution >= 4 is 11.9 Å². The second-order valence-corrected chi connectivity index (χ2v) is 7.24. The number of hydrogen-bond acceptors (Lipinski definition) is 3. The Balaban J connectivity index is 1.51. The van der Waals surface area contributed by atoms with Crippen LogP contribution in [0.25, 0.3) is 0 Å². The number of benzene rings is 3. The number of amides is 2. The molecule has 3 aromatic carbocycles. The zero-order valence-corrected chi connectivity index (χ0v) is 16.5. The van der Waals surface area contributed by atoms with Gasteiger partial charge in [-0.3, -0.25) is 10.3 Å². The molecule has 1 aliphatic heterocycles. The molecule has 29 heavy (non-hydrogen) atoms. The molecule has 4 rings (SSSR count). The van der Waals surface area contributed by atoms with Crippen molar-refractivity contribution in [1.82, 2.24) is 9.80 Å². The van der Waals surface area contributed by atoms with E-state index in [4.69, 9.17) is 10.1 Å². The van der Waals surface area contributed by atoms with Crippen molar-refractivity contribution < 1.29 is 9.53 Å². The Bertz CT molecular complexity index is 1010. The standard InChI is InChI=1S/C24H23N3O2/c1-17-8-10-18(11-9-17)16-27-23(25)22(26(2)24(27)28)19-12-14-21(15-13-19)29-20-6-4-3-5-7-20/h3-15,22,25H,16H2,1-2H3. The lowest BCUT2D eigenvalue weighted by molar-refractivity contribution is 0.196. The van der Waals surface area contributed by atoms with Gasteiger partial charge in [0, 0.05) is 7.05 Å². The molecule has 1 saturated heterocycles. The number of urea groups is 1. The second kappa shape index (κ2) is 7.80. The minimum Gasteiger partial charge on any atom is -0.457 e. The van der Waals surface area contributed by atoms with Crippen LogP contribution in [0.5, 0.6) is 11.5 Å². The van der Waals surface area contributed by atoms with Gasteiger partial charge in [-0.1, -0.05) is 60.2 Å². The van der Waals surface area contributed by atoms with Gasteiger partial charge in [-0.25, -0.2) is 4.79 Å². The maximum absolute atomic E-state index is 12.8. The molecule has 0 aliphatic carbocycles. The van der Waals surface area contributed by atoms with Gasteiger partial charge < -0.3 is 9.64 Å². The summed E-state index contributed by atoms with van der Waals surface area (Å²) in [5.41, 5.74) is 3.07. The van der Waals surface area contributed by atoms with Crippen LogP contribution in [0.2, 0.25) is 0 Å². The smallest absolute Gasteiger partial charge is 0.326 e. The number of amidine groups is 1. The topological polar surface area (TPSA) is 56.6 Å². The van der Waals surface area contributed by atoms with Gasteiger partial charge >= 0.3 is 6.03 Å². The Labute approximate surface area is 170 Å². The minimum absolute atomic E-state index is 0.162. The fourth-order valence-electron chi connectivity index (χ4n) is 3.49. The van der Waals surface area contributed by atoms with Crippen LogP contribution in [0.15, 0.2) is 78.9 Å². The summed E-state index contributed by atoms with van der Waals surface area (Å²) in [4.78, 5) is 15.9. The van der Waals surface area contributed by atoms with Crippen LogP contribution in [0, 0.1) is 12.3 Å². The molecule has 0 bridgehead atoms. The number of carbonyl (C=O) groups is 1. The van der Waals surface area contributed by atoms with Crippen LogP contribution in [0.3, 0.4) is 0 Å². The Morgan fingerprint density at radius 3 is 2.17 bits per heavy atom. The highest BCUT2D eigenvalue weighted by molar-refractivity contribution is 6.05. The molecular formula is C24H23N3O2. The van der Waals surface area contributed by atoms with Gasteiger partial charge in [-0.05, 0) is 42.3 Å². The van der Waals surface area contributed by atoms with Crippen molar-refractivity contribution in [2.24, 2.45) is 0 Å². The number of carbonyl (C=O) groups excluding carboxylic acids is 1. The number of rotatable bonds is 5. The van der Waals surface area contributed by atoms with E-state index in [0.29, 0.717) is 6.54 Å². The highest BCUT2D eigenvalue weighted by atomic mass is 16.5. The Morgan fingerprint density at radius 1 is 0.897 bits per heavy atom. The van der Waals surface area contributed by atoms with Crippen LogP contribution in [0.4, 0.5) is 4.79 Å². The first-order valence-corrected chi connectivity index (χ1v) is 9.54. The summed E-state index contributed by atoms with van der Waals surface area (Å²) in [6, 6.07) is 24.6. The van der Waals surface area contributed by atoms with Crippen molar-refractivity contribution in [3.63, 3.8) is 0 Å². The quantitative estimate of drug-likeness (QED) is 0.642. The minimum atomic E-state index is -0.404. The molecule has 1 atom stereocenters. The lowest BCUT2D eigenvalue weighted by atomic mass is 10.1. The predicted molar refractivity (Wildman–Crippen MR) is 113 cm³/mol. The third-order valence-corrected chi connectivity index (χ3v) is 5.11. The third kappa shape index (κ3) is 3.85. The number of hydrogen-bond donors (Lipinski definition) is 1. The highest BCUT2D eigenvalue weighted by Crippen LogP contribution is 2.32. The molecule has 5 nitrogen and oxygen atoms in total. The molecule has 146 valence electrons. The van der Waals surface area contributed by atoms with Crippen LogP contribution < -0.4 is 4.74 Å². The van der Waals surface area contributed by atoms with Gasteiger partial charge in [-0.2, -0.15) is 0 Å². The van der Waals surface area contributed by atoms with Crippen LogP contribution in [-0.4, -0.2) is 28.7 Å². The monoisotopic (exact) mass is 385 g/mol. The van der Waals surface area contributed by atoms with E-state index in [2.05, 4.69) is 0 Å². The first-order valence-electron chi connectivity index (χ1n) is 9.54. The van der Waals surface area contributed by atoms with Crippen molar-refractivity contribution in [2.75, 3.05) is 7.05 Å². The summed E-state index contributed by atoms with van der Waals surface area (Å²) in [5.74, 6) is 1.77. The summed E-state index contributed by atoms with van der Waals surface area (Å²) < 4.78 is 5.84. The molecule has 1 fully saturated rings. The normalized spacial score (nSPS) is 16.4. The number of aryl methyl sites for hydroxylation is 1. The number of para-hydroxylation sites is 1. The van der Waals surface area contributed by atoms with Crippen molar-refractivity contribution in [1.29, 1.82) is 5.41 Å². The Morgan fingerprint density at radius 2 is 1.52 bits per heavy atom. The first kappa shape index (κ1) is 18.7. The third-order valence-electron chi connectivity index (χ3n) is 5.11. The van der Waals surface area contributed by atoms with E-state index in [1.807, 2.05) is 85.8 Å². The fourth-order valence-corrected chi connectivity index (χ4v) is 3.49. The molecular weight excluding hydrogens is 362 g/mol. The van der Waals surface area contributed by atoms with E-state index in [-0.39, 0.29) is 11.9 Å². The lowest BCUT2D eigenvalue weighted by Crippen LogP contribution is -2.30. The molecule has 0 radical (unpaired) electrons. The molecule has 0 aromatic heterocycles. The molecule has 3 aromatic rings. The number of nitrogens with zero attached hydrogens (tertiary/aromatic N) is 2. The van der Waals surface area contributed by atoms with Crippen LogP contribution >= 0.6 is 0 Å². The largest absolute Gasteiger partial charge is 0.457 e. The first-order chi connectivity index (χ1) is 14.0. The van der Waals surface area contributed by atoms with Crippen LogP contribution in [-0.2, 0) is 6.54 Å². The Kier molecular flexibility index (Phi) is 5.04. The second-order valence-electron chi connectivity index (χ2n) is 7.24. The molecule has 2 amide bonds. The SMILES string of the molecule is Cc1ccc(CN2C(=N)C(c3ccc(Oc4ccccc4)cc3)N(C)C2=O)cc1. The van der Waals surface area contributed by atoms with E-state index in [1.54, 1.807) is 11.9 Å². The van der Waals surface area contributed by atoms with Gasteiger partial charge in [0.05, 0.1) is 6.54 Å². The summed E-state index contributed by atoms with van der Waals surface area (Å²) in [6.45, 7) is 2.43. The average Bonchev–Trinajstić information content (AvgIpc) is 2.94. The fraction of sp³-hybridized carbons (Fsp3) is 0.167. The van der Waals surface area contributed by atoms with E-state index in [9.17, 15) is 4.79 Å². The lowest BCUT2D eigenvalue weighted by Gasteiger charge is -2.18. The average molecular weight is 385 g/mol. The zero-order valence-electron chi connectivity index (χ0n) is 16.5. The van der Waals surface area contributed by atoms with Gasteiger partial charge in [-0.15, -0.1) is 0 Å². The van der Waals surface area contributed by atoms with Gasteiger partial charge in [0.15, 0.2) is 0 Å². The zero-order chi connectivity index (χ0) is 20.4. The number of ether oxygens (including phenoxy) is 1. The molecule has 1 unspecified atom stereocenters. The summed E-state index contributed by atoms with van der Waals surface area (Å²) in [5, 5.41) is 8.62. The van der Waals surface area contributed by atoms with Crippen LogP contribution in [0.1, 0.15) is 22.7 Å². The molecule has 0 spiro atoms. The highest BCUT2D eigenvalue weighted by Gasteiger charge is 2.40. The Hall–Kier alpha value is -3.60. The van der Waals surface area contributed by atoms with Gasteiger partial charge in [0.25, 0.3) is 0 Å². The van der Waals surface area contributed by atoms with E-state index < -0.39 is 6.04 Å². The van der Waals surface area contributed by atoms with Crippen molar-refractivity contribution in [3.05, 3.63) is 95.6 Å². The molecule has 1 N–H and O–H groups in total. The molecule has 1 aliphatic rings. The number of nitrogens with one attached hydrogen (secondary N) is 1. The van der Waals surface area contributed by atoms with Gasteiger partial charge in [0.2, 0.25) is 0 Å². The predicted octanol–water partition coefficient (Wildman–Crippen LogP) is 5.37. The summed E-state index contributed by atoms with van der Waals surface area (Å²) in [6.07, 6.45) is 0. The molecule has 5 heteroatoms. The van der Waals surface area contributed by atoms with E-state index in [0.717, 1.165) is 22.6 Å². The molecule has 1 heterocycles. The van der Waals surface area contributed by atoms with E-state index >= 15 is 0 Å². The van der Waals surface area contributed by atoms with E-state index in [1.165, 1.54) is 10.5 Å². The molecule has 0 saturated carbocycles. The van der Waals surface area contributed by atoms with Crippen molar-refractivity contribution in [3.8, 4) is 11.5 Å². The summed E-state index contributed by atoms with van der Waals surface area (Å²) in [7, 11) is 1.74.